The van der Waals surface area contributed by atoms with Crippen molar-refractivity contribution in [2.75, 3.05) is 37.0 Å². The average molecular weight is 368 g/mol. The third-order valence-electron chi connectivity index (χ3n) is 3.45. The molecule has 0 atom stereocenters. The van der Waals surface area contributed by atoms with E-state index in [1.165, 1.54) is 13.4 Å². The van der Waals surface area contributed by atoms with Crippen molar-refractivity contribution in [1.29, 1.82) is 0 Å². The lowest BCUT2D eigenvalue weighted by Crippen LogP contribution is -2.28. The van der Waals surface area contributed by atoms with Crippen LogP contribution in [0.3, 0.4) is 0 Å². The molecule has 2 aromatic rings. The Kier molecular flexibility index (Phi) is 6.31. The van der Waals surface area contributed by atoms with Gasteiger partial charge in [0.15, 0.2) is 0 Å². The Morgan fingerprint density at radius 2 is 2.20 bits per heavy atom. The molecule has 0 aliphatic carbocycles. The van der Waals surface area contributed by atoms with Crippen LogP contribution >= 0.6 is 11.6 Å². The predicted octanol–water partition coefficient (Wildman–Crippen LogP) is 2.61. The SMILES string of the molecule is CCN(CCO)c1ncnc(Nc2cc(Cl)ccc2OC)c1[N+](=O)[O-]. The number of methoxy groups -OCH3 is 1. The molecule has 0 radical (unpaired) electrons. The fourth-order valence-electron chi connectivity index (χ4n) is 2.30. The van der Waals surface area contributed by atoms with E-state index in [2.05, 4.69) is 15.3 Å². The summed E-state index contributed by atoms with van der Waals surface area (Å²) in [5.74, 6) is 0.591. The Bertz CT molecular complexity index is 759. The highest BCUT2D eigenvalue weighted by atomic mass is 35.5. The molecule has 0 fully saturated rings. The molecule has 9 nitrogen and oxygen atoms in total. The molecule has 0 saturated carbocycles. The van der Waals surface area contributed by atoms with Crippen molar-refractivity contribution in [2.45, 2.75) is 6.92 Å². The van der Waals surface area contributed by atoms with E-state index >= 15 is 0 Å². The van der Waals surface area contributed by atoms with Gasteiger partial charge in [-0.15, -0.1) is 0 Å². The predicted molar refractivity (Wildman–Crippen MR) is 94.9 cm³/mol. The lowest BCUT2D eigenvalue weighted by Gasteiger charge is -2.21. The Hall–Kier alpha value is -2.65. The molecule has 0 unspecified atom stereocenters. The fraction of sp³-hybridized carbons (Fsp3) is 0.333. The van der Waals surface area contributed by atoms with Crippen LogP contribution in [0, 0.1) is 10.1 Å². The van der Waals surface area contributed by atoms with Gasteiger partial charge in [-0.1, -0.05) is 11.6 Å². The highest BCUT2D eigenvalue weighted by Crippen LogP contribution is 2.36. The molecule has 1 aromatic carbocycles. The van der Waals surface area contributed by atoms with E-state index in [9.17, 15) is 10.1 Å². The highest BCUT2D eigenvalue weighted by molar-refractivity contribution is 6.31. The maximum Gasteiger partial charge on any atom is 0.353 e. The topological polar surface area (TPSA) is 114 Å². The Balaban J connectivity index is 2.51. The van der Waals surface area contributed by atoms with Crippen molar-refractivity contribution in [1.82, 2.24) is 9.97 Å². The minimum Gasteiger partial charge on any atom is -0.495 e. The van der Waals surface area contributed by atoms with E-state index in [0.717, 1.165) is 0 Å². The number of nitrogens with one attached hydrogen (secondary N) is 1. The average Bonchev–Trinajstić information content (AvgIpc) is 2.59. The number of halogens is 1. The van der Waals surface area contributed by atoms with Crippen LogP contribution in [0.2, 0.25) is 5.02 Å². The van der Waals surface area contributed by atoms with Crippen LogP contribution in [-0.2, 0) is 0 Å². The number of anilines is 3. The smallest absolute Gasteiger partial charge is 0.353 e. The van der Waals surface area contributed by atoms with Crippen LogP contribution < -0.4 is 15.0 Å². The van der Waals surface area contributed by atoms with E-state index in [0.29, 0.717) is 23.0 Å². The van der Waals surface area contributed by atoms with E-state index in [4.69, 9.17) is 21.4 Å². The lowest BCUT2D eigenvalue weighted by molar-refractivity contribution is -0.383. The number of likely N-dealkylation sites (N-methyl/N-ethyl adjacent to an activating group) is 1. The maximum absolute atomic E-state index is 11.6. The van der Waals surface area contributed by atoms with Crippen LogP contribution in [0.25, 0.3) is 0 Å². The van der Waals surface area contributed by atoms with Gasteiger partial charge in [-0.2, -0.15) is 0 Å². The van der Waals surface area contributed by atoms with Gasteiger partial charge in [0, 0.05) is 18.1 Å². The van der Waals surface area contributed by atoms with Crippen LogP contribution in [-0.4, -0.2) is 46.8 Å². The number of benzene rings is 1. The number of nitro groups is 1. The van der Waals surface area contributed by atoms with Gasteiger partial charge >= 0.3 is 5.69 Å². The molecule has 0 spiro atoms. The second kappa shape index (κ2) is 8.45. The van der Waals surface area contributed by atoms with Crippen molar-refractivity contribution in [2.24, 2.45) is 0 Å². The van der Waals surface area contributed by atoms with E-state index in [-0.39, 0.29) is 30.5 Å². The molecule has 1 heterocycles. The molecule has 0 bridgehead atoms. The lowest BCUT2D eigenvalue weighted by atomic mass is 10.2. The van der Waals surface area contributed by atoms with Gasteiger partial charge in [0.2, 0.25) is 11.6 Å². The second-order valence-electron chi connectivity index (χ2n) is 4.92. The first-order valence-electron chi connectivity index (χ1n) is 7.47. The van der Waals surface area contributed by atoms with Crippen LogP contribution in [0.15, 0.2) is 24.5 Å². The fourth-order valence-corrected chi connectivity index (χ4v) is 2.47. The zero-order chi connectivity index (χ0) is 18.4. The zero-order valence-electron chi connectivity index (χ0n) is 13.8. The number of aliphatic hydroxyl groups excluding tert-OH is 1. The van der Waals surface area contributed by atoms with Gasteiger partial charge in [-0.3, -0.25) is 10.1 Å². The minimum atomic E-state index is -0.561. The summed E-state index contributed by atoms with van der Waals surface area (Å²) in [7, 11) is 1.48. The number of rotatable bonds is 8. The van der Waals surface area contributed by atoms with Crippen LogP contribution in [0.1, 0.15) is 6.92 Å². The largest absolute Gasteiger partial charge is 0.495 e. The number of nitrogens with zero attached hydrogens (tertiary/aromatic N) is 4. The third-order valence-corrected chi connectivity index (χ3v) is 3.69. The van der Waals surface area contributed by atoms with Gasteiger partial charge in [0.25, 0.3) is 0 Å². The molecule has 25 heavy (non-hydrogen) atoms. The van der Waals surface area contributed by atoms with Crippen molar-refractivity contribution < 1.29 is 14.8 Å². The molecular weight excluding hydrogens is 350 g/mol. The molecule has 2 N–H and O–H groups in total. The summed E-state index contributed by atoms with van der Waals surface area (Å²) in [4.78, 5) is 20.7. The Morgan fingerprint density at radius 3 is 2.80 bits per heavy atom. The van der Waals surface area contributed by atoms with Gasteiger partial charge in [-0.05, 0) is 25.1 Å². The third kappa shape index (κ3) is 4.25. The molecule has 1 aromatic heterocycles. The monoisotopic (exact) mass is 367 g/mol. The Morgan fingerprint density at radius 1 is 1.44 bits per heavy atom. The van der Waals surface area contributed by atoms with Gasteiger partial charge in [0.1, 0.15) is 12.1 Å². The maximum atomic E-state index is 11.6. The molecule has 2 rings (SSSR count). The van der Waals surface area contributed by atoms with Crippen molar-refractivity contribution in [3.05, 3.63) is 39.7 Å². The number of ether oxygens (including phenoxy) is 1. The summed E-state index contributed by atoms with van der Waals surface area (Å²) >= 11 is 5.99. The molecule has 0 aliphatic rings. The van der Waals surface area contributed by atoms with Crippen LogP contribution in [0.4, 0.5) is 23.0 Å². The highest BCUT2D eigenvalue weighted by Gasteiger charge is 2.27. The van der Waals surface area contributed by atoms with E-state index in [1.54, 1.807) is 23.1 Å². The number of aromatic nitrogens is 2. The number of hydrogen-bond acceptors (Lipinski definition) is 8. The summed E-state index contributed by atoms with van der Waals surface area (Å²) in [6.07, 6.45) is 1.22. The summed E-state index contributed by atoms with van der Waals surface area (Å²) in [6, 6.07) is 4.87. The van der Waals surface area contributed by atoms with Gasteiger partial charge < -0.3 is 20.1 Å². The van der Waals surface area contributed by atoms with Crippen molar-refractivity contribution in [3.63, 3.8) is 0 Å². The number of hydrogen-bond donors (Lipinski definition) is 2. The summed E-state index contributed by atoms with van der Waals surface area (Å²) < 4.78 is 5.23. The molecule has 10 heteroatoms. The van der Waals surface area contributed by atoms with E-state index in [1.807, 2.05) is 6.92 Å². The van der Waals surface area contributed by atoms with Gasteiger partial charge in [0.05, 0.1) is 24.3 Å². The quantitative estimate of drug-likeness (QED) is 0.540. The molecule has 0 saturated heterocycles. The van der Waals surface area contributed by atoms with Gasteiger partial charge in [-0.25, -0.2) is 9.97 Å². The van der Waals surface area contributed by atoms with E-state index < -0.39 is 4.92 Å². The first-order valence-corrected chi connectivity index (χ1v) is 7.85. The summed E-state index contributed by atoms with van der Waals surface area (Å²) in [5.41, 5.74) is 0.146. The molecule has 134 valence electrons. The first kappa shape index (κ1) is 18.7. The standard InChI is InChI=1S/C15H18ClN5O4/c1-3-20(6-7-22)15-13(21(23)24)14(17-9-18-15)19-11-8-10(16)4-5-12(11)25-2/h4-5,8-9,22H,3,6-7H2,1-2H3,(H,17,18,19). The molecule has 0 amide bonds. The van der Waals surface area contributed by atoms with Crippen molar-refractivity contribution in [3.8, 4) is 5.75 Å². The molecular formula is C15H18ClN5O4. The summed E-state index contributed by atoms with van der Waals surface area (Å²) in [5, 5.41) is 24.1. The summed E-state index contributed by atoms with van der Waals surface area (Å²) in [6.45, 7) is 2.32. The second-order valence-corrected chi connectivity index (χ2v) is 5.36. The van der Waals surface area contributed by atoms with Crippen LogP contribution in [0.5, 0.6) is 5.75 Å². The van der Waals surface area contributed by atoms with Crippen molar-refractivity contribution >= 4 is 34.6 Å². The first-order chi connectivity index (χ1) is 12.0. The zero-order valence-corrected chi connectivity index (χ0v) is 14.5. The normalized spacial score (nSPS) is 10.4. The molecule has 0 aliphatic heterocycles. The number of aliphatic hydroxyl groups is 1. The Labute approximate surface area is 149 Å². The minimum absolute atomic E-state index is 0.00644.